The highest BCUT2D eigenvalue weighted by molar-refractivity contribution is 6.32. The Kier molecular flexibility index (Phi) is 4.63. The summed E-state index contributed by atoms with van der Waals surface area (Å²) >= 11 is 5.96. The minimum absolute atomic E-state index is 0.125. The molecule has 2 rings (SSSR count). The summed E-state index contributed by atoms with van der Waals surface area (Å²) in [5.41, 5.74) is 0.857. The zero-order valence-electron chi connectivity index (χ0n) is 11.4. The van der Waals surface area contributed by atoms with Gasteiger partial charge in [0.1, 0.15) is 11.6 Å². The number of nitrogens with one attached hydrogen (secondary N) is 1. The summed E-state index contributed by atoms with van der Waals surface area (Å²) < 4.78 is 7.09. The zero-order chi connectivity index (χ0) is 14.5. The Labute approximate surface area is 122 Å². The van der Waals surface area contributed by atoms with Gasteiger partial charge in [0.05, 0.1) is 23.7 Å². The van der Waals surface area contributed by atoms with Gasteiger partial charge in [-0.3, -0.25) is 9.48 Å². The third-order valence-corrected chi connectivity index (χ3v) is 3.01. The van der Waals surface area contributed by atoms with Crippen LogP contribution in [0.5, 0.6) is 5.75 Å². The number of nitrogens with zero attached hydrogens (tertiary/aromatic N) is 2. The van der Waals surface area contributed by atoms with Crippen molar-refractivity contribution in [2.45, 2.75) is 13.3 Å². The fourth-order valence-electron chi connectivity index (χ4n) is 1.75. The van der Waals surface area contributed by atoms with E-state index in [4.69, 9.17) is 16.3 Å². The van der Waals surface area contributed by atoms with Crippen LogP contribution in [0.4, 0.5) is 5.82 Å². The summed E-state index contributed by atoms with van der Waals surface area (Å²) in [6.45, 7) is 2.14. The predicted octanol–water partition coefficient (Wildman–Crippen LogP) is 2.79. The molecule has 0 aliphatic heterocycles. The molecule has 106 valence electrons. The Morgan fingerprint density at radius 3 is 2.85 bits per heavy atom. The number of aryl methyl sites for hydroxylation is 2. The number of carbonyl (C=O) groups excluding carboxylic acids is 1. The number of hydrogen-bond donors (Lipinski definition) is 1. The Balaban J connectivity index is 1.81. The molecule has 0 fully saturated rings. The molecule has 6 heteroatoms. The lowest BCUT2D eigenvalue weighted by atomic mass is 10.3. The highest BCUT2D eigenvalue weighted by Crippen LogP contribution is 2.23. The number of anilines is 1. The maximum atomic E-state index is 11.8. The van der Waals surface area contributed by atoms with Crippen molar-refractivity contribution in [1.29, 1.82) is 0 Å². The van der Waals surface area contributed by atoms with Crippen molar-refractivity contribution in [3.63, 3.8) is 0 Å². The van der Waals surface area contributed by atoms with Crippen LogP contribution in [0.3, 0.4) is 0 Å². The number of carbonyl (C=O) groups is 1. The van der Waals surface area contributed by atoms with Crippen molar-refractivity contribution in [2.24, 2.45) is 7.05 Å². The standard InChI is InChI=1S/C14H16ClN3O2/c1-10-9-13(18(2)17-10)16-14(19)7-8-20-12-6-4-3-5-11(12)15/h3-6,9H,7-8H2,1-2H3,(H,16,19). The van der Waals surface area contributed by atoms with E-state index in [1.165, 1.54) is 0 Å². The SMILES string of the molecule is Cc1cc(NC(=O)CCOc2ccccc2Cl)n(C)n1. The molecule has 1 heterocycles. The Morgan fingerprint density at radius 1 is 1.45 bits per heavy atom. The van der Waals surface area contributed by atoms with Gasteiger partial charge in [-0.15, -0.1) is 0 Å². The van der Waals surface area contributed by atoms with E-state index in [-0.39, 0.29) is 18.9 Å². The largest absolute Gasteiger partial charge is 0.491 e. The summed E-state index contributed by atoms with van der Waals surface area (Å²) in [7, 11) is 1.78. The molecule has 5 nitrogen and oxygen atoms in total. The Hall–Kier alpha value is -2.01. The van der Waals surface area contributed by atoms with Crippen LogP contribution in [0.2, 0.25) is 5.02 Å². The number of benzene rings is 1. The van der Waals surface area contributed by atoms with Gasteiger partial charge < -0.3 is 10.1 Å². The predicted molar refractivity (Wildman–Crippen MR) is 78.1 cm³/mol. The fraction of sp³-hybridized carbons (Fsp3) is 0.286. The molecule has 0 radical (unpaired) electrons. The first kappa shape index (κ1) is 14.4. The average molecular weight is 294 g/mol. The van der Waals surface area contributed by atoms with E-state index in [1.54, 1.807) is 23.9 Å². The van der Waals surface area contributed by atoms with Gasteiger partial charge in [-0.2, -0.15) is 5.10 Å². The van der Waals surface area contributed by atoms with Crippen LogP contribution in [-0.2, 0) is 11.8 Å². The molecule has 0 spiro atoms. The number of amides is 1. The minimum Gasteiger partial charge on any atom is -0.491 e. The van der Waals surface area contributed by atoms with Crippen molar-refractivity contribution in [3.8, 4) is 5.75 Å². The van der Waals surface area contributed by atoms with Gasteiger partial charge in [0.25, 0.3) is 0 Å². The molecular formula is C14H16ClN3O2. The number of hydrogen-bond acceptors (Lipinski definition) is 3. The molecule has 1 amide bonds. The van der Waals surface area contributed by atoms with Crippen LogP contribution in [0.15, 0.2) is 30.3 Å². The van der Waals surface area contributed by atoms with E-state index in [9.17, 15) is 4.79 Å². The van der Waals surface area contributed by atoms with Crippen LogP contribution in [0, 0.1) is 6.92 Å². The summed E-state index contributed by atoms with van der Waals surface area (Å²) in [5.74, 6) is 1.13. The smallest absolute Gasteiger partial charge is 0.228 e. The normalized spacial score (nSPS) is 10.3. The molecule has 1 N–H and O–H groups in total. The summed E-state index contributed by atoms with van der Waals surface area (Å²) in [6.07, 6.45) is 0.245. The molecule has 2 aromatic rings. The number of rotatable bonds is 5. The molecule has 0 aliphatic carbocycles. The fourth-order valence-corrected chi connectivity index (χ4v) is 1.94. The number of ether oxygens (including phenoxy) is 1. The van der Waals surface area contributed by atoms with Crippen LogP contribution >= 0.6 is 11.6 Å². The van der Waals surface area contributed by atoms with E-state index in [0.717, 1.165) is 5.69 Å². The van der Waals surface area contributed by atoms with Gasteiger partial charge in [0.2, 0.25) is 5.91 Å². The Morgan fingerprint density at radius 2 is 2.20 bits per heavy atom. The van der Waals surface area contributed by atoms with E-state index in [0.29, 0.717) is 16.6 Å². The van der Waals surface area contributed by atoms with Gasteiger partial charge in [-0.25, -0.2) is 0 Å². The summed E-state index contributed by atoms with van der Waals surface area (Å²) in [4.78, 5) is 11.8. The van der Waals surface area contributed by atoms with Crippen LogP contribution in [0.1, 0.15) is 12.1 Å². The van der Waals surface area contributed by atoms with Gasteiger partial charge in [-0.1, -0.05) is 23.7 Å². The topological polar surface area (TPSA) is 56.1 Å². The molecule has 0 aliphatic rings. The monoisotopic (exact) mass is 293 g/mol. The number of halogens is 1. The average Bonchev–Trinajstić information content (AvgIpc) is 2.70. The molecule has 0 bridgehead atoms. The van der Waals surface area contributed by atoms with Crippen molar-refractivity contribution >= 4 is 23.3 Å². The van der Waals surface area contributed by atoms with Crippen LogP contribution < -0.4 is 10.1 Å². The highest BCUT2D eigenvalue weighted by atomic mass is 35.5. The number of aromatic nitrogens is 2. The second kappa shape index (κ2) is 6.43. The third kappa shape index (κ3) is 3.74. The zero-order valence-corrected chi connectivity index (χ0v) is 12.1. The molecule has 0 unspecified atom stereocenters. The van der Waals surface area contributed by atoms with Crippen LogP contribution in [-0.4, -0.2) is 22.3 Å². The first-order valence-corrected chi connectivity index (χ1v) is 6.62. The van der Waals surface area contributed by atoms with Gasteiger partial charge >= 0.3 is 0 Å². The minimum atomic E-state index is -0.125. The molecule has 0 atom stereocenters. The highest BCUT2D eigenvalue weighted by Gasteiger charge is 2.08. The Bertz CT molecular complexity index is 610. The quantitative estimate of drug-likeness (QED) is 0.922. The first-order chi connectivity index (χ1) is 9.56. The molecule has 0 saturated carbocycles. The van der Waals surface area contributed by atoms with Crippen LogP contribution in [0.25, 0.3) is 0 Å². The second-order valence-electron chi connectivity index (χ2n) is 4.37. The first-order valence-electron chi connectivity index (χ1n) is 6.24. The van der Waals surface area contributed by atoms with Crippen molar-refractivity contribution in [1.82, 2.24) is 9.78 Å². The molecule has 1 aromatic heterocycles. The molecule has 1 aromatic carbocycles. The third-order valence-electron chi connectivity index (χ3n) is 2.69. The van der Waals surface area contributed by atoms with Crippen molar-refractivity contribution in [2.75, 3.05) is 11.9 Å². The maximum absolute atomic E-state index is 11.8. The molecular weight excluding hydrogens is 278 g/mol. The molecule has 0 saturated heterocycles. The van der Waals surface area contributed by atoms with Crippen molar-refractivity contribution < 1.29 is 9.53 Å². The van der Waals surface area contributed by atoms with E-state index >= 15 is 0 Å². The van der Waals surface area contributed by atoms with E-state index < -0.39 is 0 Å². The van der Waals surface area contributed by atoms with E-state index in [2.05, 4.69) is 10.4 Å². The maximum Gasteiger partial charge on any atom is 0.228 e. The van der Waals surface area contributed by atoms with Gasteiger partial charge in [-0.05, 0) is 19.1 Å². The molecule has 20 heavy (non-hydrogen) atoms. The second-order valence-corrected chi connectivity index (χ2v) is 4.78. The van der Waals surface area contributed by atoms with E-state index in [1.807, 2.05) is 25.1 Å². The number of para-hydroxylation sites is 1. The van der Waals surface area contributed by atoms with Gasteiger partial charge in [0, 0.05) is 13.1 Å². The summed E-state index contributed by atoms with van der Waals surface area (Å²) in [5, 5.41) is 7.47. The lowest BCUT2D eigenvalue weighted by Crippen LogP contribution is -2.17. The lowest BCUT2D eigenvalue weighted by Gasteiger charge is -2.08. The van der Waals surface area contributed by atoms with Crippen molar-refractivity contribution in [3.05, 3.63) is 41.0 Å². The lowest BCUT2D eigenvalue weighted by molar-refractivity contribution is -0.116. The summed E-state index contributed by atoms with van der Waals surface area (Å²) in [6, 6.07) is 8.99. The van der Waals surface area contributed by atoms with Gasteiger partial charge in [0.15, 0.2) is 0 Å².